The summed E-state index contributed by atoms with van der Waals surface area (Å²) in [6.07, 6.45) is 0. The summed E-state index contributed by atoms with van der Waals surface area (Å²) in [5.74, 6) is -4.73. The molecule has 1 aliphatic carbocycles. The van der Waals surface area contributed by atoms with E-state index in [1.54, 1.807) is 60.7 Å². The molecule has 2 aromatic carbocycles. The fourth-order valence-electron chi connectivity index (χ4n) is 3.92. The van der Waals surface area contributed by atoms with Crippen molar-refractivity contribution < 1.29 is 45.8 Å². The van der Waals surface area contributed by atoms with E-state index in [1.807, 2.05) is 0 Å². The molecule has 0 radical (unpaired) electrons. The van der Waals surface area contributed by atoms with E-state index in [9.17, 15) is 37.3 Å². The molecule has 2 heterocycles. The van der Waals surface area contributed by atoms with Crippen LogP contribution in [0.3, 0.4) is 0 Å². The molecule has 0 unspecified atom stereocenters. The first-order valence-corrected chi connectivity index (χ1v) is 13.4. The molecule has 0 fully saturated rings. The Morgan fingerprint density at radius 3 is 1.08 bits per heavy atom. The van der Waals surface area contributed by atoms with Crippen molar-refractivity contribution in [3.8, 4) is 45.8 Å². The van der Waals surface area contributed by atoms with Crippen molar-refractivity contribution in [2.24, 2.45) is 0 Å². The van der Waals surface area contributed by atoms with Gasteiger partial charge in [-0.15, -0.1) is 0 Å². The Balaban J connectivity index is 1.45. The number of fused-ring (bicyclic) bond motifs is 4. The minimum absolute atomic E-state index is 0.235. The summed E-state index contributed by atoms with van der Waals surface area (Å²) in [7, 11) is -8.70. The van der Waals surface area contributed by atoms with Crippen molar-refractivity contribution >= 4 is 20.2 Å². The summed E-state index contributed by atoms with van der Waals surface area (Å²) in [6.45, 7) is 0. The molecular formula is C22H18N2O10S2. The quantitative estimate of drug-likeness (QED) is 0.229. The summed E-state index contributed by atoms with van der Waals surface area (Å²) >= 11 is 0. The van der Waals surface area contributed by atoms with Gasteiger partial charge in [-0.1, -0.05) is 70.1 Å². The predicted molar refractivity (Wildman–Crippen MR) is 125 cm³/mol. The third-order valence-corrected chi connectivity index (χ3v) is 7.54. The van der Waals surface area contributed by atoms with Crippen LogP contribution in [0.15, 0.2) is 60.7 Å². The molecule has 2 aromatic heterocycles. The molecular weight excluding hydrogens is 516 g/mol. The normalized spacial score (nSPS) is 12.4. The van der Waals surface area contributed by atoms with Gasteiger partial charge in [0.25, 0.3) is 0 Å². The molecule has 5 rings (SSSR count). The molecule has 4 N–H and O–H groups in total. The summed E-state index contributed by atoms with van der Waals surface area (Å²) in [6, 6.07) is 16.1. The van der Waals surface area contributed by atoms with Gasteiger partial charge in [-0.05, 0) is 11.1 Å². The van der Waals surface area contributed by atoms with Crippen LogP contribution in [0, 0.1) is 0 Å². The minimum atomic E-state index is -4.35. The topological polar surface area (TPSA) is 178 Å². The summed E-state index contributed by atoms with van der Waals surface area (Å²) in [4.78, 5) is 0. The van der Waals surface area contributed by atoms with Crippen molar-refractivity contribution in [3.63, 3.8) is 0 Å². The fraction of sp³-hybridized carbons (Fsp3) is 0.0909. The maximum absolute atomic E-state index is 12.5. The zero-order valence-corrected chi connectivity index (χ0v) is 19.8. The van der Waals surface area contributed by atoms with Gasteiger partial charge in [-0.3, -0.25) is 8.57 Å². The first-order chi connectivity index (χ1) is 17.0. The van der Waals surface area contributed by atoms with Gasteiger partial charge in [0.05, 0.1) is 22.3 Å². The maximum Gasteiger partial charge on any atom is 0.331 e. The SMILES string of the molecule is O=S(=O)(Cc1ccccc1)On1c(O)c2c(c1O)-c1c-2c(O)n(OS(=O)(=O)Cc2ccccc2)c1O. The number of rotatable bonds is 8. The van der Waals surface area contributed by atoms with E-state index in [0.29, 0.717) is 11.1 Å². The molecule has 0 atom stereocenters. The van der Waals surface area contributed by atoms with E-state index in [-0.39, 0.29) is 31.7 Å². The Hall–Kier alpha value is -4.30. The number of aromatic nitrogens is 2. The van der Waals surface area contributed by atoms with Crippen molar-refractivity contribution in [2.75, 3.05) is 0 Å². The highest BCUT2D eigenvalue weighted by atomic mass is 32.2. The van der Waals surface area contributed by atoms with Gasteiger partial charge in [0.15, 0.2) is 0 Å². The van der Waals surface area contributed by atoms with E-state index in [4.69, 9.17) is 8.57 Å². The Morgan fingerprint density at radius 2 is 0.806 bits per heavy atom. The molecule has 4 aromatic rings. The third kappa shape index (κ3) is 3.85. The first kappa shape index (κ1) is 23.4. The van der Waals surface area contributed by atoms with E-state index in [0.717, 1.165) is 0 Å². The lowest BCUT2D eigenvalue weighted by atomic mass is 9.86. The summed E-state index contributed by atoms with van der Waals surface area (Å²) in [5.41, 5.74) is -0.302. The van der Waals surface area contributed by atoms with Crippen LogP contribution < -0.4 is 8.57 Å². The average Bonchev–Trinajstić information content (AvgIpc) is 3.10. The van der Waals surface area contributed by atoms with E-state index in [2.05, 4.69) is 0 Å². The standard InChI is InChI=1S/C22H18N2O10S2/c25-19-15-16(20(26)23(19)33-35(29,30)11-13-7-3-1-4-8-13)18-17(15)21(27)24(22(18)28)34-36(31,32)12-14-9-5-2-6-10-14/h1-10,25-28H,11-12H2. The van der Waals surface area contributed by atoms with Crippen LogP contribution in [0.1, 0.15) is 11.1 Å². The van der Waals surface area contributed by atoms with Gasteiger partial charge in [0.1, 0.15) is 11.5 Å². The molecule has 0 saturated heterocycles. The molecule has 0 spiro atoms. The predicted octanol–water partition coefficient (Wildman–Crippen LogP) is 1.68. The highest BCUT2D eigenvalue weighted by Gasteiger charge is 2.45. The Bertz CT molecular complexity index is 1500. The molecule has 12 nitrogen and oxygen atoms in total. The highest BCUT2D eigenvalue weighted by molar-refractivity contribution is 7.86. The van der Waals surface area contributed by atoms with Crippen LogP contribution in [-0.2, 0) is 31.7 Å². The second kappa shape index (κ2) is 8.13. The molecule has 0 bridgehead atoms. The first-order valence-electron chi connectivity index (χ1n) is 10.3. The van der Waals surface area contributed by atoms with Gasteiger partial charge < -0.3 is 20.4 Å². The van der Waals surface area contributed by atoms with Crippen molar-refractivity contribution in [3.05, 3.63) is 71.8 Å². The molecule has 188 valence electrons. The van der Waals surface area contributed by atoms with E-state index < -0.39 is 55.3 Å². The molecule has 0 saturated carbocycles. The van der Waals surface area contributed by atoms with Gasteiger partial charge in [0, 0.05) is 0 Å². The lowest BCUT2D eigenvalue weighted by Gasteiger charge is -2.13. The molecule has 1 aliphatic rings. The van der Waals surface area contributed by atoms with E-state index in [1.165, 1.54) is 0 Å². The minimum Gasteiger partial charge on any atom is -0.492 e. The monoisotopic (exact) mass is 534 g/mol. The van der Waals surface area contributed by atoms with Crippen molar-refractivity contribution in [1.29, 1.82) is 0 Å². The van der Waals surface area contributed by atoms with E-state index >= 15 is 0 Å². The summed E-state index contributed by atoms with van der Waals surface area (Å²) in [5, 5.41) is 42.1. The lowest BCUT2D eigenvalue weighted by molar-refractivity contribution is 0.201. The number of benzene rings is 2. The van der Waals surface area contributed by atoms with Crippen LogP contribution in [-0.4, -0.2) is 46.7 Å². The second-order valence-electron chi connectivity index (χ2n) is 7.91. The largest absolute Gasteiger partial charge is 0.492 e. The van der Waals surface area contributed by atoms with Crippen LogP contribution in [0.4, 0.5) is 0 Å². The van der Waals surface area contributed by atoms with Gasteiger partial charge in [0.2, 0.25) is 23.5 Å². The van der Waals surface area contributed by atoms with Crippen LogP contribution >= 0.6 is 0 Å². The zero-order valence-electron chi connectivity index (χ0n) is 18.1. The molecule has 36 heavy (non-hydrogen) atoms. The number of hydrogen-bond acceptors (Lipinski definition) is 10. The highest BCUT2D eigenvalue weighted by Crippen LogP contribution is 2.64. The molecule has 14 heteroatoms. The van der Waals surface area contributed by atoms with Gasteiger partial charge >= 0.3 is 20.2 Å². The fourth-order valence-corrected chi connectivity index (χ4v) is 5.96. The van der Waals surface area contributed by atoms with Gasteiger partial charge in [-0.25, -0.2) is 0 Å². The number of hydrogen-bond donors (Lipinski definition) is 4. The molecule has 0 amide bonds. The average molecular weight is 535 g/mol. The number of nitrogens with zero attached hydrogens (tertiary/aromatic N) is 2. The smallest absolute Gasteiger partial charge is 0.331 e. The van der Waals surface area contributed by atoms with Gasteiger partial charge in [-0.2, -0.15) is 16.8 Å². The number of aromatic hydroxyl groups is 4. The summed E-state index contributed by atoms with van der Waals surface area (Å²) < 4.78 is 60.1. The Kier molecular flexibility index (Phi) is 5.30. The van der Waals surface area contributed by atoms with Crippen LogP contribution in [0.5, 0.6) is 23.5 Å². The maximum atomic E-state index is 12.5. The zero-order chi connectivity index (χ0) is 25.8. The lowest BCUT2D eigenvalue weighted by Crippen LogP contribution is -2.21. The van der Waals surface area contributed by atoms with Crippen LogP contribution in [0.2, 0.25) is 0 Å². The van der Waals surface area contributed by atoms with Crippen molar-refractivity contribution in [2.45, 2.75) is 11.5 Å². The Morgan fingerprint density at radius 1 is 0.528 bits per heavy atom. The van der Waals surface area contributed by atoms with Crippen molar-refractivity contribution in [1.82, 2.24) is 9.46 Å². The second-order valence-corrected chi connectivity index (χ2v) is 11.0. The Labute approximate surface area is 204 Å². The third-order valence-electron chi connectivity index (χ3n) is 5.41. The van der Waals surface area contributed by atoms with Crippen LogP contribution in [0.25, 0.3) is 22.3 Å². The molecule has 0 aliphatic heterocycles.